The zero-order valence-electron chi connectivity index (χ0n) is 9.61. The summed E-state index contributed by atoms with van der Waals surface area (Å²) in [4.78, 5) is 7.68. The lowest BCUT2D eigenvalue weighted by Gasteiger charge is -2.09. The SMILES string of the molecule is Fc1cc(F)c(F)c(Nc2cc(Cl)nc3ncnn23)c1. The van der Waals surface area contributed by atoms with Crippen molar-refractivity contribution in [1.82, 2.24) is 19.6 Å². The molecule has 1 aromatic carbocycles. The minimum Gasteiger partial charge on any atom is -0.337 e. The highest BCUT2D eigenvalue weighted by molar-refractivity contribution is 6.29. The molecule has 0 atom stereocenters. The van der Waals surface area contributed by atoms with Crippen LogP contribution in [0.1, 0.15) is 0 Å². The molecule has 3 aromatic rings. The van der Waals surface area contributed by atoms with Crippen molar-refractivity contribution < 1.29 is 13.2 Å². The highest BCUT2D eigenvalue weighted by Crippen LogP contribution is 2.24. The molecule has 9 heteroatoms. The van der Waals surface area contributed by atoms with Gasteiger partial charge in [-0.05, 0) is 0 Å². The van der Waals surface area contributed by atoms with E-state index in [0.717, 1.165) is 6.07 Å². The number of benzene rings is 1. The van der Waals surface area contributed by atoms with E-state index in [9.17, 15) is 13.2 Å². The van der Waals surface area contributed by atoms with Crippen LogP contribution in [0.3, 0.4) is 0 Å². The molecule has 0 saturated carbocycles. The first-order valence-corrected chi connectivity index (χ1v) is 5.70. The van der Waals surface area contributed by atoms with E-state index in [2.05, 4.69) is 20.4 Å². The number of aromatic nitrogens is 4. The lowest BCUT2D eigenvalue weighted by atomic mass is 10.3. The van der Waals surface area contributed by atoms with Gasteiger partial charge in [0.15, 0.2) is 11.6 Å². The number of anilines is 2. The zero-order valence-corrected chi connectivity index (χ0v) is 10.4. The fourth-order valence-corrected chi connectivity index (χ4v) is 1.84. The van der Waals surface area contributed by atoms with E-state index >= 15 is 0 Å². The molecule has 0 radical (unpaired) electrons. The molecule has 20 heavy (non-hydrogen) atoms. The minimum atomic E-state index is -1.30. The normalized spacial score (nSPS) is 11.0. The average molecular weight is 300 g/mol. The molecule has 0 aliphatic carbocycles. The zero-order chi connectivity index (χ0) is 14.3. The molecule has 0 fully saturated rings. The number of rotatable bonds is 2. The van der Waals surface area contributed by atoms with Gasteiger partial charge >= 0.3 is 0 Å². The Morgan fingerprint density at radius 2 is 1.95 bits per heavy atom. The van der Waals surface area contributed by atoms with Crippen molar-refractivity contribution in [3.05, 3.63) is 47.1 Å². The van der Waals surface area contributed by atoms with Crippen LogP contribution < -0.4 is 5.32 Å². The van der Waals surface area contributed by atoms with Crippen LogP contribution in [0.2, 0.25) is 5.15 Å². The monoisotopic (exact) mass is 299 g/mol. The Kier molecular flexibility index (Phi) is 2.94. The van der Waals surface area contributed by atoms with Gasteiger partial charge in [0, 0.05) is 18.2 Å². The molecule has 0 amide bonds. The van der Waals surface area contributed by atoms with Gasteiger partial charge in [0.05, 0.1) is 5.69 Å². The number of halogens is 4. The van der Waals surface area contributed by atoms with Gasteiger partial charge in [0.25, 0.3) is 5.78 Å². The molecule has 0 bridgehead atoms. The van der Waals surface area contributed by atoms with Crippen LogP contribution in [0.5, 0.6) is 0 Å². The van der Waals surface area contributed by atoms with E-state index in [0.29, 0.717) is 6.07 Å². The lowest BCUT2D eigenvalue weighted by Crippen LogP contribution is -2.04. The second-order valence-corrected chi connectivity index (χ2v) is 4.20. The van der Waals surface area contributed by atoms with Gasteiger partial charge in [-0.15, -0.1) is 0 Å². The van der Waals surface area contributed by atoms with Crippen LogP contribution in [-0.2, 0) is 0 Å². The standard InChI is InChI=1S/C11H5ClF3N5/c12-8-3-9(20-11(19-8)16-4-17-20)18-7-2-5(13)1-6(14)10(7)15/h1-4,18H. The highest BCUT2D eigenvalue weighted by Gasteiger charge is 2.13. The molecule has 2 aromatic heterocycles. The number of nitrogens with one attached hydrogen (secondary N) is 1. The van der Waals surface area contributed by atoms with Crippen molar-refractivity contribution in [2.24, 2.45) is 0 Å². The van der Waals surface area contributed by atoms with Gasteiger partial charge < -0.3 is 5.32 Å². The van der Waals surface area contributed by atoms with E-state index < -0.39 is 17.5 Å². The second kappa shape index (κ2) is 4.64. The minimum absolute atomic E-state index is 0.0743. The van der Waals surface area contributed by atoms with Crippen LogP contribution >= 0.6 is 11.6 Å². The number of hydrogen-bond donors (Lipinski definition) is 1. The highest BCUT2D eigenvalue weighted by atomic mass is 35.5. The maximum absolute atomic E-state index is 13.6. The smallest absolute Gasteiger partial charge is 0.255 e. The van der Waals surface area contributed by atoms with Gasteiger partial charge in [0.1, 0.15) is 23.1 Å². The van der Waals surface area contributed by atoms with Gasteiger partial charge in [-0.25, -0.2) is 13.2 Å². The summed E-state index contributed by atoms with van der Waals surface area (Å²) in [5.74, 6) is -3.10. The molecule has 0 saturated heterocycles. The summed E-state index contributed by atoms with van der Waals surface area (Å²) in [6.07, 6.45) is 1.21. The van der Waals surface area contributed by atoms with Gasteiger partial charge in [-0.3, -0.25) is 0 Å². The van der Waals surface area contributed by atoms with Crippen molar-refractivity contribution in [2.45, 2.75) is 0 Å². The third kappa shape index (κ3) is 2.14. The molecule has 1 N–H and O–H groups in total. The van der Waals surface area contributed by atoms with E-state index in [1.165, 1.54) is 16.9 Å². The Morgan fingerprint density at radius 3 is 2.75 bits per heavy atom. The van der Waals surface area contributed by atoms with Crippen LogP contribution in [0.4, 0.5) is 24.7 Å². The molecular formula is C11H5ClF3N5. The van der Waals surface area contributed by atoms with Crippen molar-refractivity contribution in [3.8, 4) is 0 Å². The van der Waals surface area contributed by atoms with Gasteiger partial charge in [-0.1, -0.05) is 11.6 Å². The fourth-order valence-electron chi connectivity index (χ4n) is 1.66. The maximum atomic E-state index is 13.6. The summed E-state index contributed by atoms with van der Waals surface area (Å²) in [5.41, 5.74) is -0.387. The largest absolute Gasteiger partial charge is 0.337 e. The Balaban J connectivity index is 2.12. The number of nitrogens with zero attached hydrogens (tertiary/aromatic N) is 4. The molecule has 2 heterocycles. The van der Waals surface area contributed by atoms with Gasteiger partial charge in [-0.2, -0.15) is 19.6 Å². The summed E-state index contributed by atoms with van der Waals surface area (Å²) in [6, 6.07) is 2.59. The summed E-state index contributed by atoms with van der Waals surface area (Å²) in [7, 11) is 0. The molecule has 0 spiro atoms. The van der Waals surface area contributed by atoms with Crippen LogP contribution in [0, 0.1) is 17.5 Å². The molecule has 0 aliphatic rings. The topological polar surface area (TPSA) is 55.1 Å². The second-order valence-electron chi connectivity index (χ2n) is 3.81. The average Bonchev–Trinajstić information content (AvgIpc) is 2.83. The molecular weight excluding hydrogens is 295 g/mol. The molecule has 102 valence electrons. The van der Waals surface area contributed by atoms with Crippen molar-refractivity contribution in [3.63, 3.8) is 0 Å². The first-order valence-electron chi connectivity index (χ1n) is 5.32. The van der Waals surface area contributed by atoms with Gasteiger partial charge in [0.2, 0.25) is 0 Å². The fraction of sp³-hybridized carbons (Fsp3) is 0. The predicted octanol–water partition coefficient (Wildman–Crippen LogP) is 2.94. The third-order valence-electron chi connectivity index (χ3n) is 2.48. The lowest BCUT2D eigenvalue weighted by molar-refractivity contribution is 0.498. The number of fused-ring (bicyclic) bond motifs is 1. The summed E-state index contributed by atoms with van der Waals surface area (Å²) < 4.78 is 41.1. The first kappa shape index (κ1) is 12.7. The first-order chi connectivity index (χ1) is 9.54. The van der Waals surface area contributed by atoms with E-state index in [1.54, 1.807) is 0 Å². The Labute approximate surface area is 115 Å². The molecule has 3 rings (SSSR count). The van der Waals surface area contributed by atoms with E-state index in [1.807, 2.05) is 0 Å². The van der Waals surface area contributed by atoms with E-state index in [-0.39, 0.29) is 22.4 Å². The number of hydrogen-bond acceptors (Lipinski definition) is 4. The molecule has 0 unspecified atom stereocenters. The molecule has 5 nitrogen and oxygen atoms in total. The van der Waals surface area contributed by atoms with Crippen molar-refractivity contribution in [2.75, 3.05) is 5.32 Å². The van der Waals surface area contributed by atoms with Crippen LogP contribution in [0.25, 0.3) is 5.78 Å². The quantitative estimate of drug-likeness (QED) is 0.584. The maximum Gasteiger partial charge on any atom is 0.255 e. The summed E-state index contributed by atoms with van der Waals surface area (Å²) in [5, 5.41) is 6.42. The van der Waals surface area contributed by atoms with Crippen LogP contribution in [0.15, 0.2) is 24.5 Å². The van der Waals surface area contributed by atoms with E-state index in [4.69, 9.17) is 11.6 Å². The van der Waals surface area contributed by atoms with Crippen molar-refractivity contribution >= 4 is 28.9 Å². The van der Waals surface area contributed by atoms with Crippen molar-refractivity contribution in [1.29, 1.82) is 0 Å². The third-order valence-corrected chi connectivity index (χ3v) is 2.67. The summed E-state index contributed by atoms with van der Waals surface area (Å²) in [6.45, 7) is 0. The predicted molar refractivity (Wildman–Crippen MR) is 65.4 cm³/mol. The van der Waals surface area contributed by atoms with Crippen LogP contribution in [-0.4, -0.2) is 19.6 Å². The Bertz CT molecular complexity index is 804. The Hall–Kier alpha value is -2.35. The summed E-state index contributed by atoms with van der Waals surface area (Å²) >= 11 is 5.78. The molecule has 0 aliphatic heterocycles. The Morgan fingerprint density at radius 1 is 1.15 bits per heavy atom.